The molecule has 0 spiro atoms. The second kappa shape index (κ2) is 14.4. The molecule has 11 rings (SSSR count). The van der Waals surface area contributed by atoms with Gasteiger partial charge >= 0.3 is 0 Å². The summed E-state index contributed by atoms with van der Waals surface area (Å²) in [5.74, 6) is 0.782. The highest BCUT2D eigenvalue weighted by molar-refractivity contribution is 7.85. The minimum absolute atomic E-state index is 0.739. The summed E-state index contributed by atoms with van der Waals surface area (Å²) in [7, 11) is -3.09. The zero-order chi connectivity index (χ0) is 40.1. The van der Waals surface area contributed by atoms with Crippen LogP contribution in [0.5, 0.6) is 0 Å². The minimum atomic E-state index is -3.09. The molecule has 7 aromatic carbocycles. The molecule has 0 bridgehead atoms. The lowest BCUT2D eigenvalue weighted by Gasteiger charge is -2.33. The Kier molecular flexibility index (Phi) is 8.58. The number of hydrogen-bond acceptors (Lipinski definition) is 4. The molecule has 0 saturated heterocycles. The molecular formula is C54H37N4OP. The van der Waals surface area contributed by atoms with Crippen LogP contribution < -0.4 is 15.9 Å². The van der Waals surface area contributed by atoms with Gasteiger partial charge in [0, 0.05) is 45.8 Å². The van der Waals surface area contributed by atoms with E-state index in [9.17, 15) is 0 Å². The standard InChI is InChI=1S/C54H37N4OP/c59-60(43-18-6-2-7-19-43,44-20-8-3-9-21-44)45-31-27-39(28-32-45)38-25-29-40(30-26-38)54(41-15-14-35-55-37-41)48-23-11-10-22-46(48)47-33-34-50-52(51(47)54)57-53(49-24-12-13-36-56-49)58(50)42-16-4-1-5-17-42/h1-37H. The molecule has 10 aromatic rings. The van der Waals surface area contributed by atoms with Gasteiger partial charge in [0.1, 0.15) is 5.69 Å². The van der Waals surface area contributed by atoms with Crippen molar-refractivity contribution in [3.63, 3.8) is 0 Å². The van der Waals surface area contributed by atoms with Gasteiger partial charge in [0.05, 0.1) is 16.4 Å². The molecule has 1 atom stereocenters. The fraction of sp³-hybridized carbons (Fsp3) is 0.0185. The Hall–Kier alpha value is -7.46. The van der Waals surface area contributed by atoms with Crippen molar-refractivity contribution in [2.24, 2.45) is 0 Å². The topological polar surface area (TPSA) is 60.7 Å². The predicted octanol–water partition coefficient (Wildman–Crippen LogP) is 11.2. The van der Waals surface area contributed by atoms with Crippen LogP contribution in [0.1, 0.15) is 22.3 Å². The largest absolute Gasteiger partial charge is 0.309 e. The molecule has 0 aliphatic heterocycles. The molecule has 3 heterocycles. The highest BCUT2D eigenvalue weighted by Gasteiger charge is 2.48. The fourth-order valence-corrected chi connectivity index (χ4v) is 11.9. The van der Waals surface area contributed by atoms with E-state index in [1.165, 1.54) is 11.1 Å². The van der Waals surface area contributed by atoms with Crippen LogP contribution in [0, 0.1) is 0 Å². The summed E-state index contributed by atoms with van der Waals surface area (Å²) in [6.07, 6.45) is 5.66. The zero-order valence-corrected chi connectivity index (χ0v) is 33.4. The van der Waals surface area contributed by atoms with Crippen molar-refractivity contribution in [1.82, 2.24) is 19.5 Å². The van der Waals surface area contributed by atoms with E-state index < -0.39 is 12.6 Å². The van der Waals surface area contributed by atoms with Crippen molar-refractivity contribution in [2.75, 3.05) is 0 Å². The first-order valence-corrected chi connectivity index (χ1v) is 21.8. The van der Waals surface area contributed by atoms with Gasteiger partial charge in [0.25, 0.3) is 0 Å². The van der Waals surface area contributed by atoms with Crippen LogP contribution in [0.3, 0.4) is 0 Å². The molecule has 5 nitrogen and oxygen atoms in total. The summed E-state index contributed by atoms with van der Waals surface area (Å²) in [5, 5.41) is 2.45. The summed E-state index contributed by atoms with van der Waals surface area (Å²) in [6.45, 7) is 0. The Balaban J connectivity index is 1.10. The summed E-state index contributed by atoms with van der Waals surface area (Å²) in [4.78, 5) is 15.1. The number of benzene rings is 7. The van der Waals surface area contributed by atoms with Gasteiger partial charge in [-0.2, -0.15) is 0 Å². The van der Waals surface area contributed by atoms with Crippen molar-refractivity contribution < 1.29 is 4.57 Å². The van der Waals surface area contributed by atoms with Crippen LogP contribution >= 0.6 is 7.14 Å². The van der Waals surface area contributed by atoms with E-state index in [-0.39, 0.29) is 0 Å². The van der Waals surface area contributed by atoms with Gasteiger partial charge in [-0.15, -0.1) is 0 Å². The summed E-state index contributed by atoms with van der Waals surface area (Å²) >= 11 is 0. The van der Waals surface area contributed by atoms with Gasteiger partial charge in [-0.3, -0.25) is 14.5 Å². The van der Waals surface area contributed by atoms with E-state index in [4.69, 9.17) is 15.0 Å². The molecule has 1 aliphatic rings. The third kappa shape index (κ3) is 5.47. The summed E-state index contributed by atoms with van der Waals surface area (Å²) in [6, 6.07) is 70.6. The normalized spacial score (nSPS) is 14.5. The molecule has 284 valence electrons. The third-order valence-electron chi connectivity index (χ3n) is 11.9. The van der Waals surface area contributed by atoms with Crippen molar-refractivity contribution in [3.8, 4) is 39.5 Å². The van der Waals surface area contributed by atoms with Crippen molar-refractivity contribution in [1.29, 1.82) is 0 Å². The smallest absolute Gasteiger partial charge is 0.171 e. The lowest BCUT2D eigenvalue weighted by molar-refractivity contribution is 0.592. The Morgan fingerprint density at radius 1 is 0.483 bits per heavy atom. The first-order valence-electron chi connectivity index (χ1n) is 20.1. The molecular weight excluding hydrogens is 752 g/mol. The quantitative estimate of drug-likeness (QED) is 0.144. The van der Waals surface area contributed by atoms with Gasteiger partial charge in [-0.05, 0) is 75.3 Å². The summed E-state index contributed by atoms with van der Waals surface area (Å²) in [5.41, 5.74) is 11.9. The van der Waals surface area contributed by atoms with Crippen LogP contribution in [0.4, 0.5) is 0 Å². The second-order valence-corrected chi connectivity index (χ2v) is 17.9. The van der Waals surface area contributed by atoms with Crippen LogP contribution in [-0.2, 0) is 9.98 Å². The maximum Gasteiger partial charge on any atom is 0.171 e. The third-order valence-corrected chi connectivity index (χ3v) is 15.0. The number of para-hydroxylation sites is 1. The molecule has 3 aromatic heterocycles. The van der Waals surface area contributed by atoms with Crippen molar-refractivity contribution in [2.45, 2.75) is 5.41 Å². The van der Waals surface area contributed by atoms with Gasteiger partial charge in [-0.25, -0.2) is 4.98 Å². The highest BCUT2D eigenvalue weighted by atomic mass is 31.2. The van der Waals surface area contributed by atoms with E-state index in [0.29, 0.717) is 0 Å². The van der Waals surface area contributed by atoms with Crippen molar-refractivity contribution >= 4 is 34.1 Å². The van der Waals surface area contributed by atoms with Crippen LogP contribution in [-0.4, -0.2) is 19.5 Å². The monoisotopic (exact) mass is 788 g/mol. The highest BCUT2D eigenvalue weighted by Crippen LogP contribution is 2.58. The van der Waals surface area contributed by atoms with E-state index >= 15 is 4.57 Å². The fourth-order valence-electron chi connectivity index (χ4n) is 9.28. The Bertz CT molecular complexity index is 3150. The molecule has 6 heteroatoms. The van der Waals surface area contributed by atoms with E-state index in [1.807, 2.05) is 122 Å². The number of aromatic nitrogens is 4. The average molecular weight is 789 g/mol. The number of nitrogens with zero attached hydrogens (tertiary/aromatic N) is 4. The number of rotatable bonds is 8. The second-order valence-electron chi connectivity index (χ2n) is 15.1. The van der Waals surface area contributed by atoms with Gasteiger partial charge in [0.15, 0.2) is 13.0 Å². The van der Waals surface area contributed by atoms with E-state index in [1.54, 1.807) is 0 Å². The maximum absolute atomic E-state index is 15.1. The van der Waals surface area contributed by atoms with Gasteiger partial charge in [0.2, 0.25) is 0 Å². The number of fused-ring (bicyclic) bond motifs is 5. The minimum Gasteiger partial charge on any atom is -0.309 e. The molecule has 0 radical (unpaired) electrons. The number of hydrogen-bond donors (Lipinski definition) is 0. The van der Waals surface area contributed by atoms with E-state index in [0.717, 1.165) is 77.5 Å². The first kappa shape index (κ1) is 35.7. The predicted molar refractivity (Wildman–Crippen MR) is 244 cm³/mol. The Morgan fingerprint density at radius 3 is 1.75 bits per heavy atom. The first-order chi connectivity index (χ1) is 29.7. The SMILES string of the molecule is O=P(c1ccccc1)(c1ccccc1)c1ccc(-c2ccc(C3(c4cccnc4)c4ccccc4-c4ccc5c(nc(-c6ccccn6)n5-c5ccccc5)c43)cc2)cc1. The molecule has 0 fully saturated rings. The summed E-state index contributed by atoms with van der Waals surface area (Å²) < 4.78 is 17.3. The van der Waals surface area contributed by atoms with E-state index in [2.05, 4.69) is 108 Å². The molecule has 0 N–H and O–H groups in total. The zero-order valence-electron chi connectivity index (χ0n) is 32.5. The molecule has 0 saturated carbocycles. The molecule has 0 amide bonds. The lowest BCUT2D eigenvalue weighted by atomic mass is 9.67. The number of imidazole rings is 1. The van der Waals surface area contributed by atoms with Gasteiger partial charge < -0.3 is 4.57 Å². The van der Waals surface area contributed by atoms with Crippen LogP contribution in [0.25, 0.3) is 50.5 Å². The van der Waals surface area contributed by atoms with Crippen LogP contribution in [0.15, 0.2) is 225 Å². The number of pyridine rings is 2. The molecule has 1 unspecified atom stereocenters. The maximum atomic E-state index is 15.1. The Labute approximate surface area is 348 Å². The van der Waals surface area contributed by atoms with Crippen molar-refractivity contribution in [3.05, 3.63) is 247 Å². The molecule has 60 heavy (non-hydrogen) atoms. The average Bonchev–Trinajstić information content (AvgIpc) is 3.88. The van der Waals surface area contributed by atoms with Crippen LogP contribution in [0.2, 0.25) is 0 Å². The molecule has 1 aliphatic carbocycles. The lowest BCUT2D eigenvalue weighted by Crippen LogP contribution is -2.29. The van der Waals surface area contributed by atoms with Gasteiger partial charge in [-0.1, -0.05) is 170 Å². The Morgan fingerprint density at radius 2 is 1.10 bits per heavy atom.